The number of carbonyl (C=O) groups excluding carboxylic acids is 1. The Hall–Kier alpha value is -1.81. The Labute approximate surface area is 131 Å². The van der Waals surface area contributed by atoms with Crippen LogP contribution in [0.1, 0.15) is 30.9 Å². The van der Waals surface area contributed by atoms with Crippen LogP contribution in [-0.2, 0) is 11.2 Å². The number of para-hydroxylation sites is 1. The number of hydrogen-bond donors (Lipinski definition) is 2. The molecule has 2 N–H and O–H groups in total. The summed E-state index contributed by atoms with van der Waals surface area (Å²) in [4.78, 5) is 17.8. The maximum Gasteiger partial charge on any atom is 0.227 e. The van der Waals surface area contributed by atoms with Crippen molar-refractivity contribution in [1.29, 1.82) is 0 Å². The average Bonchev–Trinajstić information content (AvgIpc) is 2.92. The van der Waals surface area contributed by atoms with Gasteiger partial charge in [-0.3, -0.25) is 4.79 Å². The minimum Gasteiger partial charge on any atom is -0.393 e. The van der Waals surface area contributed by atoms with Crippen LogP contribution in [0.4, 0.5) is 0 Å². The zero-order valence-corrected chi connectivity index (χ0v) is 13.3. The average molecular weight is 300 g/mol. The van der Waals surface area contributed by atoms with E-state index < -0.39 is 0 Å². The van der Waals surface area contributed by atoms with Crippen LogP contribution in [0, 0.1) is 12.8 Å². The van der Waals surface area contributed by atoms with Crippen molar-refractivity contribution >= 4 is 16.8 Å². The molecule has 0 aliphatic carbocycles. The smallest absolute Gasteiger partial charge is 0.227 e. The van der Waals surface area contributed by atoms with Crippen LogP contribution in [0.5, 0.6) is 0 Å². The van der Waals surface area contributed by atoms with Gasteiger partial charge in [0, 0.05) is 36.1 Å². The van der Waals surface area contributed by atoms with Gasteiger partial charge < -0.3 is 15.0 Å². The molecule has 2 aromatic rings. The highest BCUT2D eigenvalue weighted by atomic mass is 16.3. The van der Waals surface area contributed by atoms with Crippen molar-refractivity contribution in [3.63, 3.8) is 0 Å². The van der Waals surface area contributed by atoms with Crippen LogP contribution in [0.2, 0.25) is 0 Å². The summed E-state index contributed by atoms with van der Waals surface area (Å²) in [5.41, 5.74) is 3.37. The van der Waals surface area contributed by atoms with Crippen LogP contribution in [0.15, 0.2) is 24.4 Å². The predicted octanol–water partition coefficient (Wildman–Crippen LogP) is 2.64. The Morgan fingerprint density at radius 3 is 3.09 bits per heavy atom. The minimum atomic E-state index is -0.341. The first-order valence-electron chi connectivity index (χ1n) is 8.07. The number of likely N-dealkylation sites (tertiary alicyclic amines) is 1. The zero-order valence-electron chi connectivity index (χ0n) is 13.3. The lowest BCUT2D eigenvalue weighted by molar-refractivity contribution is -0.133. The van der Waals surface area contributed by atoms with Gasteiger partial charge in [0.15, 0.2) is 0 Å². The van der Waals surface area contributed by atoms with E-state index in [1.165, 1.54) is 5.56 Å². The third-order valence-corrected chi connectivity index (χ3v) is 4.84. The monoisotopic (exact) mass is 300 g/mol. The number of nitrogens with one attached hydrogen (secondary N) is 1. The highest BCUT2D eigenvalue weighted by Crippen LogP contribution is 2.24. The Bertz CT molecular complexity index is 675. The van der Waals surface area contributed by atoms with E-state index in [1.807, 2.05) is 24.1 Å². The first-order valence-corrected chi connectivity index (χ1v) is 8.07. The van der Waals surface area contributed by atoms with E-state index in [9.17, 15) is 9.90 Å². The van der Waals surface area contributed by atoms with Crippen molar-refractivity contribution in [2.24, 2.45) is 5.92 Å². The predicted molar refractivity (Wildman–Crippen MR) is 87.7 cm³/mol. The Morgan fingerprint density at radius 1 is 1.50 bits per heavy atom. The molecule has 0 radical (unpaired) electrons. The van der Waals surface area contributed by atoms with E-state index in [4.69, 9.17) is 0 Å². The molecule has 3 rings (SSSR count). The highest BCUT2D eigenvalue weighted by Gasteiger charge is 2.26. The van der Waals surface area contributed by atoms with Crippen LogP contribution in [0.25, 0.3) is 10.9 Å². The number of fused-ring (bicyclic) bond motifs is 1. The van der Waals surface area contributed by atoms with Crippen molar-refractivity contribution in [2.75, 3.05) is 13.1 Å². The van der Waals surface area contributed by atoms with Gasteiger partial charge in [0.05, 0.1) is 12.5 Å². The quantitative estimate of drug-likeness (QED) is 0.915. The lowest BCUT2D eigenvalue weighted by Crippen LogP contribution is -2.43. The van der Waals surface area contributed by atoms with Gasteiger partial charge in [-0.2, -0.15) is 0 Å². The second-order valence-corrected chi connectivity index (χ2v) is 6.47. The topological polar surface area (TPSA) is 56.3 Å². The van der Waals surface area contributed by atoms with E-state index in [0.29, 0.717) is 13.0 Å². The molecule has 4 nitrogen and oxygen atoms in total. The van der Waals surface area contributed by atoms with Gasteiger partial charge in [-0.05, 0) is 37.8 Å². The molecule has 4 heteroatoms. The summed E-state index contributed by atoms with van der Waals surface area (Å²) in [7, 11) is 0. The summed E-state index contributed by atoms with van der Waals surface area (Å²) < 4.78 is 0. The molecule has 0 spiro atoms. The number of rotatable bonds is 3. The molecule has 118 valence electrons. The van der Waals surface area contributed by atoms with E-state index >= 15 is 0 Å². The molecule has 0 bridgehead atoms. The van der Waals surface area contributed by atoms with Crippen molar-refractivity contribution in [3.8, 4) is 0 Å². The summed E-state index contributed by atoms with van der Waals surface area (Å²) in [6.45, 7) is 5.38. The van der Waals surface area contributed by atoms with Crippen molar-refractivity contribution in [2.45, 2.75) is 39.2 Å². The fraction of sp³-hybridized carbons (Fsp3) is 0.500. The minimum absolute atomic E-state index is 0.160. The molecule has 1 aliphatic heterocycles. The molecule has 2 atom stereocenters. The number of aromatic nitrogens is 1. The van der Waals surface area contributed by atoms with Crippen LogP contribution < -0.4 is 0 Å². The van der Waals surface area contributed by atoms with Crippen LogP contribution in [-0.4, -0.2) is 40.1 Å². The summed E-state index contributed by atoms with van der Waals surface area (Å²) >= 11 is 0. The number of nitrogens with zero attached hydrogens (tertiary/aromatic N) is 1. The molecule has 1 aromatic carbocycles. The molecule has 2 heterocycles. The van der Waals surface area contributed by atoms with Crippen molar-refractivity contribution in [1.82, 2.24) is 9.88 Å². The molecule has 1 fully saturated rings. The molecule has 0 saturated carbocycles. The number of amides is 1. The molecule has 1 aliphatic rings. The van der Waals surface area contributed by atoms with Gasteiger partial charge >= 0.3 is 0 Å². The highest BCUT2D eigenvalue weighted by molar-refractivity contribution is 5.90. The number of aromatic amines is 1. The van der Waals surface area contributed by atoms with Crippen molar-refractivity contribution in [3.05, 3.63) is 35.5 Å². The lowest BCUT2D eigenvalue weighted by Gasteiger charge is -2.34. The molecular weight excluding hydrogens is 276 g/mol. The molecular formula is C18H24N2O2. The summed E-state index contributed by atoms with van der Waals surface area (Å²) in [6, 6.07) is 6.17. The lowest BCUT2D eigenvalue weighted by atomic mass is 9.93. The Kier molecular flexibility index (Phi) is 4.21. The van der Waals surface area contributed by atoms with Gasteiger partial charge in [0.25, 0.3) is 0 Å². The van der Waals surface area contributed by atoms with Gasteiger partial charge in [0.2, 0.25) is 5.91 Å². The maximum absolute atomic E-state index is 12.6. The second-order valence-electron chi connectivity index (χ2n) is 6.47. The fourth-order valence-electron chi connectivity index (χ4n) is 3.42. The van der Waals surface area contributed by atoms with E-state index in [0.717, 1.165) is 35.9 Å². The number of piperidine rings is 1. The molecule has 2 unspecified atom stereocenters. The van der Waals surface area contributed by atoms with E-state index in [1.54, 1.807) is 0 Å². The third-order valence-electron chi connectivity index (χ3n) is 4.84. The normalized spacial score (nSPS) is 20.3. The number of aryl methyl sites for hydroxylation is 1. The first kappa shape index (κ1) is 15.1. The number of aliphatic hydroxyl groups is 1. The summed E-state index contributed by atoms with van der Waals surface area (Å²) in [5, 5.41) is 10.9. The Balaban J connectivity index is 1.74. The first-order chi connectivity index (χ1) is 10.6. The number of H-pyrrole nitrogens is 1. The number of benzene rings is 1. The molecule has 1 amide bonds. The fourth-order valence-corrected chi connectivity index (χ4v) is 3.42. The number of carbonyl (C=O) groups is 1. The van der Waals surface area contributed by atoms with Crippen LogP contribution in [0.3, 0.4) is 0 Å². The molecule has 1 aromatic heterocycles. The number of aliphatic hydroxyl groups excluding tert-OH is 1. The van der Waals surface area contributed by atoms with Gasteiger partial charge in [-0.1, -0.05) is 18.2 Å². The van der Waals surface area contributed by atoms with E-state index in [2.05, 4.69) is 24.0 Å². The molecule has 22 heavy (non-hydrogen) atoms. The maximum atomic E-state index is 12.6. The number of hydrogen-bond acceptors (Lipinski definition) is 2. The largest absolute Gasteiger partial charge is 0.393 e. The standard InChI is InChI=1S/C18H24N2O2/c1-12-5-3-7-16-15(10-19-18(12)16)9-17(22)20-8-4-6-14(11-20)13(2)21/h3,5,7,10,13-14,19,21H,4,6,8-9,11H2,1-2H3. The molecule has 1 saturated heterocycles. The third kappa shape index (κ3) is 2.88. The van der Waals surface area contributed by atoms with Gasteiger partial charge in [-0.25, -0.2) is 0 Å². The van der Waals surface area contributed by atoms with Gasteiger partial charge in [-0.15, -0.1) is 0 Å². The summed E-state index contributed by atoms with van der Waals surface area (Å²) in [6.07, 6.45) is 4.02. The van der Waals surface area contributed by atoms with Gasteiger partial charge in [0.1, 0.15) is 0 Å². The Morgan fingerprint density at radius 2 is 2.32 bits per heavy atom. The van der Waals surface area contributed by atoms with Crippen LogP contribution >= 0.6 is 0 Å². The summed E-state index contributed by atoms with van der Waals surface area (Å²) in [5.74, 6) is 0.371. The van der Waals surface area contributed by atoms with E-state index in [-0.39, 0.29) is 17.9 Å². The van der Waals surface area contributed by atoms with Crippen molar-refractivity contribution < 1.29 is 9.90 Å². The SMILES string of the molecule is Cc1cccc2c(CC(=O)N3CCCC(C(C)O)C3)c[nH]c12. The zero-order chi connectivity index (χ0) is 15.7. The second kappa shape index (κ2) is 6.13.